The molecule has 0 saturated carbocycles. The van der Waals surface area contributed by atoms with Gasteiger partial charge in [0.15, 0.2) is 0 Å². The highest BCUT2D eigenvalue weighted by Crippen LogP contribution is 2.13. The summed E-state index contributed by atoms with van der Waals surface area (Å²) in [6, 6.07) is 0. The number of cyclic esters (lactones) is 1. The number of unbranched alkanes of at least 4 members (excludes halogenated alkanes) is 2. The molecule has 86 valence electrons. The lowest BCUT2D eigenvalue weighted by Gasteiger charge is -2.29. The van der Waals surface area contributed by atoms with Crippen LogP contribution in [0.2, 0.25) is 0 Å². The van der Waals surface area contributed by atoms with Gasteiger partial charge in [-0.25, -0.2) is 9.59 Å². The Balaban J connectivity index is 2.32. The molecule has 0 aromatic rings. The number of ether oxygens (including phenoxy) is 1. The molecule has 0 aromatic heterocycles. The standard InChI is InChI=1S/C10H17NO4/c1-2-3-4-6-11-7-5-8(9(12)13)15-10(11)14/h8H,2-7H2,1H3,(H,12,13). The monoisotopic (exact) mass is 215 g/mol. The number of amides is 1. The molecule has 1 heterocycles. The predicted octanol–water partition coefficient (Wildman–Crippen LogP) is 1.47. The summed E-state index contributed by atoms with van der Waals surface area (Å²) >= 11 is 0. The number of carbonyl (C=O) groups is 2. The zero-order valence-electron chi connectivity index (χ0n) is 8.94. The highest BCUT2D eigenvalue weighted by molar-refractivity contribution is 5.78. The van der Waals surface area contributed by atoms with E-state index in [0.717, 1.165) is 19.3 Å². The SMILES string of the molecule is CCCCCN1CCC(C(=O)O)OC1=O. The van der Waals surface area contributed by atoms with Crippen LogP contribution < -0.4 is 0 Å². The molecule has 1 amide bonds. The fraction of sp³-hybridized carbons (Fsp3) is 0.800. The van der Waals surface area contributed by atoms with E-state index in [9.17, 15) is 9.59 Å². The third-order valence-electron chi connectivity index (χ3n) is 2.47. The van der Waals surface area contributed by atoms with Crippen LogP contribution in [0.4, 0.5) is 4.79 Å². The third-order valence-corrected chi connectivity index (χ3v) is 2.47. The molecule has 5 nitrogen and oxygen atoms in total. The molecule has 1 aliphatic rings. The highest BCUT2D eigenvalue weighted by atomic mass is 16.6. The molecule has 0 radical (unpaired) electrons. The van der Waals surface area contributed by atoms with Crippen molar-refractivity contribution in [3.05, 3.63) is 0 Å². The van der Waals surface area contributed by atoms with Crippen LogP contribution in [0.5, 0.6) is 0 Å². The van der Waals surface area contributed by atoms with Gasteiger partial charge in [-0.2, -0.15) is 0 Å². The maximum Gasteiger partial charge on any atom is 0.410 e. The Labute approximate surface area is 89.0 Å². The van der Waals surface area contributed by atoms with Crippen LogP contribution in [-0.2, 0) is 9.53 Å². The zero-order chi connectivity index (χ0) is 11.3. The van der Waals surface area contributed by atoms with Gasteiger partial charge in [-0.05, 0) is 6.42 Å². The van der Waals surface area contributed by atoms with E-state index in [1.165, 1.54) is 0 Å². The van der Waals surface area contributed by atoms with E-state index in [1.54, 1.807) is 4.90 Å². The molecule has 1 rings (SSSR count). The Morgan fingerprint density at radius 1 is 1.60 bits per heavy atom. The first-order valence-electron chi connectivity index (χ1n) is 5.33. The number of hydrogen-bond donors (Lipinski definition) is 1. The minimum Gasteiger partial charge on any atom is -0.479 e. The lowest BCUT2D eigenvalue weighted by atomic mass is 10.2. The summed E-state index contributed by atoms with van der Waals surface area (Å²) in [6.07, 6.45) is 2.05. The van der Waals surface area contributed by atoms with Crippen molar-refractivity contribution < 1.29 is 19.4 Å². The van der Waals surface area contributed by atoms with Crippen LogP contribution in [0.25, 0.3) is 0 Å². The van der Waals surface area contributed by atoms with Crippen molar-refractivity contribution in [2.45, 2.75) is 38.7 Å². The molecule has 0 aliphatic carbocycles. The molecule has 1 atom stereocenters. The number of aliphatic carboxylic acids is 1. The smallest absolute Gasteiger partial charge is 0.410 e. The third kappa shape index (κ3) is 3.42. The van der Waals surface area contributed by atoms with Crippen LogP contribution in [-0.4, -0.2) is 41.3 Å². The normalized spacial score (nSPS) is 21.3. The molecule has 15 heavy (non-hydrogen) atoms. The molecule has 0 aromatic carbocycles. The van der Waals surface area contributed by atoms with Gasteiger partial charge in [0, 0.05) is 19.5 Å². The van der Waals surface area contributed by atoms with Crippen LogP contribution >= 0.6 is 0 Å². The predicted molar refractivity (Wildman–Crippen MR) is 53.6 cm³/mol. The van der Waals surface area contributed by atoms with E-state index in [-0.39, 0.29) is 0 Å². The van der Waals surface area contributed by atoms with E-state index in [2.05, 4.69) is 6.92 Å². The largest absolute Gasteiger partial charge is 0.479 e. The molecule has 5 heteroatoms. The maximum atomic E-state index is 11.3. The summed E-state index contributed by atoms with van der Waals surface area (Å²) in [5.41, 5.74) is 0. The molecule has 1 N–H and O–H groups in total. The zero-order valence-corrected chi connectivity index (χ0v) is 8.94. The first-order valence-corrected chi connectivity index (χ1v) is 5.33. The Bertz CT molecular complexity index is 242. The summed E-state index contributed by atoms with van der Waals surface area (Å²) in [5, 5.41) is 8.66. The lowest BCUT2D eigenvalue weighted by Crippen LogP contribution is -2.45. The first-order chi connectivity index (χ1) is 7.15. The Morgan fingerprint density at radius 2 is 2.33 bits per heavy atom. The second-order valence-electron chi connectivity index (χ2n) is 3.69. The van der Waals surface area contributed by atoms with Crippen LogP contribution in [0.3, 0.4) is 0 Å². The number of carboxylic acid groups (broad SMARTS) is 1. The van der Waals surface area contributed by atoms with Gasteiger partial charge in [0.2, 0.25) is 6.10 Å². The van der Waals surface area contributed by atoms with Gasteiger partial charge < -0.3 is 14.7 Å². The van der Waals surface area contributed by atoms with Gasteiger partial charge in [0.25, 0.3) is 0 Å². The van der Waals surface area contributed by atoms with E-state index in [4.69, 9.17) is 9.84 Å². The topological polar surface area (TPSA) is 66.8 Å². The second-order valence-corrected chi connectivity index (χ2v) is 3.69. The average molecular weight is 215 g/mol. The molecule has 1 saturated heterocycles. The van der Waals surface area contributed by atoms with Gasteiger partial charge in [-0.15, -0.1) is 0 Å². The van der Waals surface area contributed by atoms with E-state index < -0.39 is 18.2 Å². The van der Waals surface area contributed by atoms with Crippen molar-refractivity contribution in [1.82, 2.24) is 4.90 Å². The summed E-state index contributed by atoms with van der Waals surface area (Å²) in [5.74, 6) is -1.06. The number of rotatable bonds is 5. The lowest BCUT2D eigenvalue weighted by molar-refractivity contribution is -0.149. The molecular formula is C10H17NO4. The Morgan fingerprint density at radius 3 is 2.87 bits per heavy atom. The van der Waals surface area contributed by atoms with Gasteiger partial charge in [-0.3, -0.25) is 0 Å². The number of carbonyl (C=O) groups excluding carboxylic acids is 1. The molecule has 0 spiro atoms. The fourth-order valence-corrected chi connectivity index (χ4v) is 1.55. The second kappa shape index (κ2) is 5.58. The number of carboxylic acids is 1. The molecular weight excluding hydrogens is 198 g/mol. The molecule has 0 bridgehead atoms. The van der Waals surface area contributed by atoms with Gasteiger partial charge >= 0.3 is 12.1 Å². The van der Waals surface area contributed by atoms with Crippen LogP contribution in [0.1, 0.15) is 32.6 Å². The molecule has 1 aliphatic heterocycles. The highest BCUT2D eigenvalue weighted by Gasteiger charge is 2.30. The van der Waals surface area contributed by atoms with Crippen LogP contribution in [0, 0.1) is 0 Å². The summed E-state index contributed by atoms with van der Waals surface area (Å²) in [7, 11) is 0. The summed E-state index contributed by atoms with van der Waals surface area (Å²) in [4.78, 5) is 23.5. The first kappa shape index (κ1) is 11.8. The minimum atomic E-state index is -1.06. The van der Waals surface area contributed by atoms with Crippen LogP contribution in [0.15, 0.2) is 0 Å². The van der Waals surface area contributed by atoms with Crippen molar-refractivity contribution in [2.24, 2.45) is 0 Å². The average Bonchev–Trinajstić information content (AvgIpc) is 2.20. The Hall–Kier alpha value is -1.26. The van der Waals surface area contributed by atoms with Gasteiger partial charge in [-0.1, -0.05) is 19.8 Å². The quantitative estimate of drug-likeness (QED) is 0.705. The van der Waals surface area contributed by atoms with E-state index in [0.29, 0.717) is 19.5 Å². The molecule has 1 fully saturated rings. The van der Waals surface area contributed by atoms with Crippen molar-refractivity contribution in [3.8, 4) is 0 Å². The van der Waals surface area contributed by atoms with Crippen molar-refractivity contribution in [2.75, 3.05) is 13.1 Å². The minimum absolute atomic E-state index is 0.382. The van der Waals surface area contributed by atoms with E-state index in [1.807, 2.05) is 0 Å². The van der Waals surface area contributed by atoms with E-state index >= 15 is 0 Å². The maximum absolute atomic E-state index is 11.3. The Kier molecular flexibility index (Phi) is 4.39. The van der Waals surface area contributed by atoms with Gasteiger partial charge in [0.1, 0.15) is 0 Å². The summed E-state index contributed by atoms with van der Waals surface area (Å²) in [6.45, 7) is 3.24. The number of hydrogen-bond acceptors (Lipinski definition) is 3. The van der Waals surface area contributed by atoms with Crippen molar-refractivity contribution in [1.29, 1.82) is 0 Å². The number of nitrogens with zero attached hydrogens (tertiary/aromatic N) is 1. The van der Waals surface area contributed by atoms with Crippen molar-refractivity contribution >= 4 is 12.1 Å². The van der Waals surface area contributed by atoms with Gasteiger partial charge in [0.05, 0.1) is 0 Å². The fourth-order valence-electron chi connectivity index (χ4n) is 1.55. The van der Waals surface area contributed by atoms with Crippen molar-refractivity contribution in [3.63, 3.8) is 0 Å². The summed E-state index contributed by atoms with van der Waals surface area (Å²) < 4.78 is 4.78. The molecule has 1 unspecified atom stereocenters.